The van der Waals surface area contributed by atoms with E-state index in [4.69, 9.17) is 18.9 Å². The third-order valence-electron chi connectivity index (χ3n) is 4.97. The lowest BCUT2D eigenvalue weighted by atomic mass is 10.1. The highest BCUT2D eigenvalue weighted by Gasteiger charge is 2.28. The van der Waals surface area contributed by atoms with Gasteiger partial charge in [-0.2, -0.15) is 0 Å². The van der Waals surface area contributed by atoms with Crippen molar-refractivity contribution in [3.8, 4) is 11.5 Å². The van der Waals surface area contributed by atoms with E-state index < -0.39 is 24.5 Å². The summed E-state index contributed by atoms with van der Waals surface area (Å²) >= 11 is 1.38. The van der Waals surface area contributed by atoms with Crippen LogP contribution in [0.5, 0.6) is 11.5 Å². The van der Waals surface area contributed by atoms with Crippen LogP contribution in [0.3, 0.4) is 0 Å². The molecule has 2 heterocycles. The number of hydrogen-bond acceptors (Lipinski definition) is 8. The SMILES string of the molecule is CCOC(=O)c1c(NC(=O)COC(=O)Cc2ccc3c(c2)OCCO3)sc2c1CCC2. The number of amides is 1. The number of anilines is 1. The second-order valence-electron chi connectivity index (χ2n) is 7.15. The number of fused-ring (bicyclic) bond motifs is 2. The van der Waals surface area contributed by atoms with Crippen LogP contribution in [0.15, 0.2) is 18.2 Å². The molecule has 0 bridgehead atoms. The maximum atomic E-state index is 12.4. The second-order valence-corrected chi connectivity index (χ2v) is 8.25. The molecular formula is C22H23NO7S. The van der Waals surface area contributed by atoms with E-state index in [9.17, 15) is 14.4 Å². The molecule has 1 aromatic heterocycles. The fourth-order valence-electron chi connectivity index (χ4n) is 3.64. The van der Waals surface area contributed by atoms with Crippen molar-refractivity contribution < 1.29 is 33.3 Å². The van der Waals surface area contributed by atoms with E-state index in [0.29, 0.717) is 40.8 Å². The topological polar surface area (TPSA) is 100 Å². The molecule has 1 N–H and O–H groups in total. The number of ether oxygens (including phenoxy) is 4. The summed E-state index contributed by atoms with van der Waals surface area (Å²) in [6, 6.07) is 5.24. The Kier molecular flexibility index (Phi) is 6.41. The fourth-order valence-corrected chi connectivity index (χ4v) is 4.93. The molecule has 0 saturated heterocycles. The van der Waals surface area contributed by atoms with Gasteiger partial charge in [0.05, 0.1) is 18.6 Å². The molecule has 4 rings (SSSR count). The molecule has 9 heteroatoms. The van der Waals surface area contributed by atoms with Crippen molar-refractivity contribution in [2.24, 2.45) is 0 Å². The minimum atomic E-state index is -0.536. The van der Waals surface area contributed by atoms with Crippen LogP contribution in [0.1, 0.15) is 39.7 Å². The number of carbonyl (C=O) groups excluding carboxylic acids is 3. The zero-order chi connectivity index (χ0) is 21.8. The minimum Gasteiger partial charge on any atom is -0.486 e. The largest absolute Gasteiger partial charge is 0.486 e. The Morgan fingerprint density at radius 2 is 1.90 bits per heavy atom. The maximum Gasteiger partial charge on any atom is 0.341 e. The molecule has 0 atom stereocenters. The van der Waals surface area contributed by atoms with Crippen molar-refractivity contribution in [2.75, 3.05) is 31.7 Å². The van der Waals surface area contributed by atoms with E-state index >= 15 is 0 Å². The first kappa shape index (κ1) is 21.2. The summed E-state index contributed by atoms with van der Waals surface area (Å²) in [7, 11) is 0. The zero-order valence-electron chi connectivity index (χ0n) is 17.2. The van der Waals surface area contributed by atoms with Gasteiger partial charge in [0.2, 0.25) is 0 Å². The highest BCUT2D eigenvalue weighted by atomic mass is 32.1. The molecule has 0 fully saturated rings. The lowest BCUT2D eigenvalue weighted by Gasteiger charge is -2.18. The van der Waals surface area contributed by atoms with Gasteiger partial charge in [0, 0.05) is 4.88 Å². The first-order valence-electron chi connectivity index (χ1n) is 10.2. The van der Waals surface area contributed by atoms with Gasteiger partial charge in [0.15, 0.2) is 18.1 Å². The summed E-state index contributed by atoms with van der Waals surface area (Å²) < 4.78 is 21.2. The zero-order valence-corrected chi connectivity index (χ0v) is 18.0. The van der Waals surface area contributed by atoms with Crippen LogP contribution in [-0.2, 0) is 38.3 Å². The molecule has 1 amide bonds. The number of esters is 2. The van der Waals surface area contributed by atoms with E-state index in [0.717, 1.165) is 29.7 Å². The Bertz CT molecular complexity index is 1010. The first-order valence-corrected chi connectivity index (χ1v) is 11.0. The monoisotopic (exact) mass is 445 g/mol. The van der Waals surface area contributed by atoms with Crippen LogP contribution in [-0.4, -0.2) is 44.3 Å². The van der Waals surface area contributed by atoms with Crippen molar-refractivity contribution in [2.45, 2.75) is 32.6 Å². The molecule has 0 saturated carbocycles. The average Bonchev–Trinajstić information content (AvgIpc) is 3.33. The third-order valence-corrected chi connectivity index (χ3v) is 6.18. The van der Waals surface area contributed by atoms with Gasteiger partial charge in [-0.25, -0.2) is 4.79 Å². The van der Waals surface area contributed by atoms with Crippen molar-refractivity contribution in [1.29, 1.82) is 0 Å². The van der Waals surface area contributed by atoms with Crippen LogP contribution >= 0.6 is 11.3 Å². The number of rotatable bonds is 7. The van der Waals surface area contributed by atoms with Gasteiger partial charge in [-0.05, 0) is 49.4 Å². The summed E-state index contributed by atoms with van der Waals surface area (Å²) in [5.74, 6) is -0.241. The molecule has 0 spiro atoms. The minimum absolute atomic E-state index is 0.00525. The molecule has 31 heavy (non-hydrogen) atoms. The summed E-state index contributed by atoms with van der Waals surface area (Å²) in [6.07, 6.45) is 2.66. The molecule has 2 aliphatic rings. The van der Waals surface area contributed by atoms with Crippen molar-refractivity contribution >= 4 is 34.2 Å². The highest BCUT2D eigenvalue weighted by molar-refractivity contribution is 7.17. The van der Waals surface area contributed by atoms with Gasteiger partial charge in [-0.15, -0.1) is 11.3 Å². The Hall–Kier alpha value is -3.07. The fraction of sp³-hybridized carbons (Fsp3) is 0.409. The van der Waals surface area contributed by atoms with Gasteiger partial charge in [0.25, 0.3) is 5.91 Å². The van der Waals surface area contributed by atoms with Gasteiger partial charge in [0.1, 0.15) is 18.2 Å². The summed E-state index contributed by atoms with van der Waals surface area (Å²) in [4.78, 5) is 38.0. The Morgan fingerprint density at radius 1 is 1.10 bits per heavy atom. The van der Waals surface area contributed by atoms with Gasteiger partial charge < -0.3 is 24.3 Å². The van der Waals surface area contributed by atoms with Crippen LogP contribution in [0.2, 0.25) is 0 Å². The number of hydrogen-bond donors (Lipinski definition) is 1. The predicted molar refractivity (Wildman–Crippen MR) is 113 cm³/mol. The standard InChI is InChI=1S/C22H23NO7S/c1-2-27-22(26)20-14-4-3-5-17(14)31-21(20)23-18(24)12-30-19(25)11-13-6-7-15-16(10-13)29-9-8-28-15/h6-7,10H,2-5,8-9,11-12H2,1H3,(H,23,24). The summed E-state index contributed by atoms with van der Waals surface area (Å²) in [6.45, 7) is 2.52. The van der Waals surface area contributed by atoms with E-state index in [-0.39, 0.29) is 13.0 Å². The quantitative estimate of drug-likeness (QED) is 0.654. The third kappa shape index (κ3) is 4.82. The molecule has 1 aromatic carbocycles. The maximum absolute atomic E-state index is 12.4. The van der Waals surface area contributed by atoms with Crippen LogP contribution in [0.4, 0.5) is 5.00 Å². The van der Waals surface area contributed by atoms with E-state index in [2.05, 4.69) is 5.32 Å². The van der Waals surface area contributed by atoms with E-state index in [1.54, 1.807) is 25.1 Å². The summed E-state index contributed by atoms with van der Waals surface area (Å²) in [5, 5.41) is 3.16. The number of carbonyl (C=O) groups is 3. The molecule has 0 unspecified atom stereocenters. The van der Waals surface area contributed by atoms with Crippen LogP contribution in [0.25, 0.3) is 0 Å². The lowest BCUT2D eigenvalue weighted by Crippen LogP contribution is -2.22. The van der Waals surface area contributed by atoms with Crippen molar-refractivity contribution in [1.82, 2.24) is 0 Å². The second kappa shape index (κ2) is 9.38. The smallest absolute Gasteiger partial charge is 0.341 e. The van der Waals surface area contributed by atoms with Crippen molar-refractivity contribution in [3.63, 3.8) is 0 Å². The Labute approximate surface area is 183 Å². The normalized spacial score (nSPS) is 14.0. The molecule has 164 valence electrons. The molecule has 8 nitrogen and oxygen atoms in total. The number of aryl methyl sites for hydroxylation is 1. The Balaban J connectivity index is 1.33. The predicted octanol–water partition coefficient (Wildman–Crippen LogP) is 2.91. The first-order chi connectivity index (χ1) is 15.0. The van der Waals surface area contributed by atoms with Crippen molar-refractivity contribution in [3.05, 3.63) is 39.8 Å². The van der Waals surface area contributed by atoms with Crippen LogP contribution < -0.4 is 14.8 Å². The van der Waals surface area contributed by atoms with Gasteiger partial charge in [-0.3, -0.25) is 9.59 Å². The number of thiophene rings is 1. The average molecular weight is 445 g/mol. The molecule has 0 radical (unpaired) electrons. The Morgan fingerprint density at radius 3 is 2.71 bits per heavy atom. The number of nitrogens with one attached hydrogen (secondary N) is 1. The highest BCUT2D eigenvalue weighted by Crippen LogP contribution is 2.39. The van der Waals surface area contributed by atoms with Crippen LogP contribution in [0, 0.1) is 0 Å². The molecule has 1 aliphatic carbocycles. The summed E-state index contributed by atoms with van der Waals surface area (Å²) in [5.41, 5.74) is 2.08. The lowest BCUT2D eigenvalue weighted by molar-refractivity contribution is -0.146. The van der Waals surface area contributed by atoms with Gasteiger partial charge in [-0.1, -0.05) is 6.07 Å². The number of benzene rings is 1. The van der Waals surface area contributed by atoms with E-state index in [1.807, 2.05) is 0 Å². The molecule has 2 aromatic rings. The van der Waals surface area contributed by atoms with E-state index in [1.165, 1.54) is 11.3 Å². The van der Waals surface area contributed by atoms with Gasteiger partial charge >= 0.3 is 11.9 Å². The molecule has 1 aliphatic heterocycles. The molecular weight excluding hydrogens is 422 g/mol.